The molecule has 0 saturated heterocycles. The van der Waals surface area contributed by atoms with Gasteiger partial charge in [0, 0.05) is 60.6 Å². The Hall–Kier alpha value is -10.4. The minimum atomic E-state index is 0.485. The summed E-state index contributed by atoms with van der Waals surface area (Å²) >= 11 is 0. The van der Waals surface area contributed by atoms with Crippen molar-refractivity contribution in [1.82, 2.24) is 39.0 Å². The van der Waals surface area contributed by atoms with Crippen molar-refractivity contribution in [2.45, 2.75) is 0 Å². The summed E-state index contributed by atoms with van der Waals surface area (Å²) in [5.41, 5.74) is 12.7. The van der Waals surface area contributed by atoms with Gasteiger partial charge in [-0.05, 0) is 48.5 Å². The molecule has 15 aromatic rings. The van der Waals surface area contributed by atoms with Crippen LogP contribution in [0.15, 0.2) is 247 Å². The van der Waals surface area contributed by atoms with E-state index < -0.39 is 0 Å². The first-order valence-electron chi connectivity index (χ1n) is 25.0. The van der Waals surface area contributed by atoms with Gasteiger partial charge in [-0.1, -0.05) is 194 Å². The SMILES string of the molecule is c1ccc(-c2nc(-c3ccccc3)nc(-c3ccc(-n4c5ccccc5c5c6oc7ccccc7c6c6c(c7ccccc7n6-c6ccccc6)c54)c(-c4nc(-c5ccccc5)nc(-c5ccccc5)n4)c3)n2)cc1. The molecule has 0 saturated carbocycles. The van der Waals surface area contributed by atoms with Gasteiger partial charge in [0.15, 0.2) is 34.9 Å². The molecule has 15 rings (SSSR count). The van der Waals surface area contributed by atoms with E-state index in [1.807, 2.05) is 127 Å². The van der Waals surface area contributed by atoms with E-state index in [2.05, 4.69) is 124 Å². The quantitative estimate of drug-likeness (QED) is 0.149. The number of aromatic nitrogens is 8. The first-order chi connectivity index (χ1) is 37.2. The molecule has 5 aromatic heterocycles. The standard InChI is InChI=1S/C66H40N8O/c1-6-22-41(23-7-1)61-67-62(42-24-8-2-9-25-42)70-65(69-61)45-38-39-53(50(40-45)66-71-63(43-26-10-3-11-27-43)68-64(72-66)44-28-12-4-13-29-44)74-52-36-20-17-33-48(52)56-59(74)55-47-32-16-19-35-51(47)73(46-30-14-5-15-31-46)58(55)57-49-34-18-21-37-54(49)75-60(56)57/h1-40H. The minimum Gasteiger partial charge on any atom is -0.455 e. The van der Waals surface area contributed by atoms with Crippen LogP contribution in [0.1, 0.15) is 0 Å². The maximum atomic E-state index is 7.15. The fraction of sp³-hybridized carbons (Fsp3) is 0. The topological polar surface area (TPSA) is 100 Å². The van der Waals surface area contributed by atoms with E-state index >= 15 is 0 Å². The monoisotopic (exact) mass is 960 g/mol. The number of fused-ring (bicyclic) bond motifs is 12. The second kappa shape index (κ2) is 17.1. The molecular weight excluding hydrogens is 921 g/mol. The normalized spacial score (nSPS) is 11.7. The molecule has 5 heterocycles. The van der Waals surface area contributed by atoms with Gasteiger partial charge in [0.05, 0.1) is 38.5 Å². The molecule has 0 N–H and O–H groups in total. The third-order valence-electron chi connectivity index (χ3n) is 14.2. The molecule has 0 amide bonds. The van der Waals surface area contributed by atoms with Crippen molar-refractivity contribution < 1.29 is 4.42 Å². The summed E-state index contributed by atoms with van der Waals surface area (Å²) in [5, 5.41) is 6.38. The average Bonchev–Trinajstić information content (AvgIpc) is 4.32. The van der Waals surface area contributed by atoms with Gasteiger partial charge in [-0.25, -0.2) is 29.9 Å². The molecular formula is C66H40N8O. The summed E-state index contributed by atoms with van der Waals surface area (Å²) in [6, 6.07) is 83.1. The van der Waals surface area contributed by atoms with Crippen LogP contribution < -0.4 is 0 Å². The highest BCUT2D eigenvalue weighted by Gasteiger charge is 2.29. The zero-order chi connectivity index (χ0) is 49.4. The van der Waals surface area contributed by atoms with Gasteiger partial charge in [-0.2, -0.15) is 0 Å². The number of nitrogens with zero attached hydrogens (tertiary/aromatic N) is 8. The van der Waals surface area contributed by atoms with Crippen molar-refractivity contribution in [2.24, 2.45) is 0 Å². The van der Waals surface area contributed by atoms with Crippen molar-refractivity contribution >= 4 is 65.6 Å². The molecule has 0 spiro atoms. The van der Waals surface area contributed by atoms with Crippen LogP contribution in [0.5, 0.6) is 0 Å². The van der Waals surface area contributed by atoms with Crippen molar-refractivity contribution in [3.8, 4) is 79.7 Å². The van der Waals surface area contributed by atoms with Crippen LogP contribution in [-0.4, -0.2) is 39.0 Å². The maximum absolute atomic E-state index is 7.15. The number of hydrogen-bond donors (Lipinski definition) is 0. The van der Waals surface area contributed by atoms with E-state index in [-0.39, 0.29) is 0 Å². The summed E-state index contributed by atoms with van der Waals surface area (Å²) in [4.78, 5) is 31.5. The van der Waals surface area contributed by atoms with Crippen LogP contribution in [0.25, 0.3) is 145 Å². The van der Waals surface area contributed by atoms with Gasteiger partial charge < -0.3 is 13.6 Å². The number of furan rings is 1. The Bertz CT molecular complexity index is 4570. The summed E-state index contributed by atoms with van der Waals surface area (Å²) in [6.07, 6.45) is 0. The second-order valence-electron chi connectivity index (χ2n) is 18.6. The third kappa shape index (κ3) is 6.86. The summed E-state index contributed by atoms with van der Waals surface area (Å²) in [5.74, 6) is 3.23. The Morgan fingerprint density at radius 2 is 0.680 bits per heavy atom. The average molecular weight is 961 g/mol. The molecule has 0 aliphatic rings. The van der Waals surface area contributed by atoms with Crippen molar-refractivity contribution in [3.05, 3.63) is 243 Å². The van der Waals surface area contributed by atoms with Crippen LogP contribution >= 0.6 is 0 Å². The molecule has 75 heavy (non-hydrogen) atoms. The molecule has 0 radical (unpaired) electrons. The molecule has 0 aliphatic heterocycles. The predicted octanol–water partition coefficient (Wildman–Crippen LogP) is 16.2. The number of rotatable bonds is 8. The fourth-order valence-electron chi connectivity index (χ4n) is 10.9. The van der Waals surface area contributed by atoms with Crippen LogP contribution in [0.3, 0.4) is 0 Å². The Morgan fingerprint density at radius 1 is 0.293 bits per heavy atom. The lowest BCUT2D eigenvalue weighted by molar-refractivity contribution is 0.673. The zero-order valence-corrected chi connectivity index (χ0v) is 40.1. The Morgan fingerprint density at radius 3 is 1.21 bits per heavy atom. The van der Waals surface area contributed by atoms with E-state index in [4.69, 9.17) is 34.3 Å². The van der Waals surface area contributed by atoms with Crippen molar-refractivity contribution in [1.29, 1.82) is 0 Å². The number of benzene rings is 10. The zero-order valence-electron chi connectivity index (χ0n) is 40.1. The highest BCUT2D eigenvalue weighted by atomic mass is 16.3. The largest absolute Gasteiger partial charge is 0.455 e. The Labute approximate surface area is 429 Å². The van der Waals surface area contributed by atoms with Crippen LogP contribution in [0.4, 0.5) is 0 Å². The third-order valence-corrected chi connectivity index (χ3v) is 14.2. The van der Waals surface area contributed by atoms with E-state index in [1.165, 1.54) is 0 Å². The first-order valence-corrected chi connectivity index (χ1v) is 25.0. The molecule has 10 aromatic carbocycles. The Kier molecular flexibility index (Phi) is 9.67. The number of hydrogen-bond acceptors (Lipinski definition) is 7. The Balaban J connectivity index is 1.11. The predicted molar refractivity (Wildman–Crippen MR) is 302 cm³/mol. The van der Waals surface area contributed by atoms with Gasteiger partial charge in [-0.3, -0.25) is 0 Å². The van der Waals surface area contributed by atoms with Gasteiger partial charge in [0.25, 0.3) is 0 Å². The highest BCUT2D eigenvalue weighted by Crippen LogP contribution is 2.50. The van der Waals surface area contributed by atoms with Gasteiger partial charge in [0.1, 0.15) is 11.2 Å². The molecule has 0 unspecified atom stereocenters. The molecule has 0 bridgehead atoms. The maximum Gasteiger partial charge on any atom is 0.166 e. The van der Waals surface area contributed by atoms with E-state index in [0.29, 0.717) is 34.9 Å². The molecule has 350 valence electrons. The molecule has 0 aliphatic carbocycles. The van der Waals surface area contributed by atoms with Crippen LogP contribution in [0, 0.1) is 0 Å². The van der Waals surface area contributed by atoms with Gasteiger partial charge in [0.2, 0.25) is 0 Å². The highest BCUT2D eigenvalue weighted by molar-refractivity contribution is 6.39. The molecule has 0 fully saturated rings. The van der Waals surface area contributed by atoms with Crippen molar-refractivity contribution in [2.75, 3.05) is 0 Å². The van der Waals surface area contributed by atoms with Crippen molar-refractivity contribution in [3.63, 3.8) is 0 Å². The van der Waals surface area contributed by atoms with E-state index in [1.54, 1.807) is 0 Å². The van der Waals surface area contributed by atoms with Gasteiger partial charge in [-0.15, -0.1) is 0 Å². The smallest absolute Gasteiger partial charge is 0.166 e. The molecule has 0 atom stereocenters. The lowest BCUT2D eigenvalue weighted by atomic mass is 10.0. The number of para-hydroxylation sites is 4. The minimum absolute atomic E-state index is 0.485. The summed E-state index contributed by atoms with van der Waals surface area (Å²) in [6.45, 7) is 0. The van der Waals surface area contributed by atoms with Gasteiger partial charge >= 0.3 is 0 Å². The summed E-state index contributed by atoms with van der Waals surface area (Å²) < 4.78 is 12.0. The lowest BCUT2D eigenvalue weighted by Crippen LogP contribution is -2.05. The van der Waals surface area contributed by atoms with Crippen LogP contribution in [-0.2, 0) is 0 Å². The lowest BCUT2D eigenvalue weighted by Gasteiger charge is -2.17. The van der Waals surface area contributed by atoms with E-state index in [9.17, 15) is 0 Å². The van der Waals surface area contributed by atoms with E-state index in [0.717, 1.165) is 110 Å². The second-order valence-corrected chi connectivity index (χ2v) is 18.6. The summed E-state index contributed by atoms with van der Waals surface area (Å²) in [7, 11) is 0. The van der Waals surface area contributed by atoms with Crippen LogP contribution in [0.2, 0.25) is 0 Å². The molecule has 9 nitrogen and oxygen atoms in total. The first kappa shape index (κ1) is 42.3. The molecule has 9 heteroatoms. The fourth-order valence-corrected chi connectivity index (χ4v) is 10.9.